The highest BCUT2D eigenvalue weighted by atomic mass is 19.4. The van der Waals surface area contributed by atoms with E-state index in [-0.39, 0.29) is 12.3 Å². The summed E-state index contributed by atoms with van der Waals surface area (Å²) < 4.78 is 74.8. The van der Waals surface area contributed by atoms with Crippen molar-refractivity contribution in [2.24, 2.45) is 17.6 Å². The van der Waals surface area contributed by atoms with Crippen LogP contribution in [0.5, 0.6) is 0 Å². The Morgan fingerprint density at radius 1 is 0.947 bits per heavy atom. The minimum absolute atomic E-state index is 0.192. The van der Waals surface area contributed by atoms with Crippen molar-refractivity contribution in [3.05, 3.63) is 0 Å². The van der Waals surface area contributed by atoms with Crippen molar-refractivity contribution in [2.45, 2.75) is 64.3 Å². The third-order valence-corrected chi connectivity index (χ3v) is 3.28. The fourth-order valence-corrected chi connectivity index (χ4v) is 2.17. The van der Waals surface area contributed by atoms with E-state index in [1.807, 2.05) is 6.92 Å². The Bertz CT molecular complexity index is 234. The van der Waals surface area contributed by atoms with E-state index >= 15 is 0 Å². The standard InChI is InChI=1S/C12H21F6N/c1-3-5-6-8(4-2)7-9(19)10(11(13,14)15)12(16,17)18/h8-10H,3-7,19H2,1-2H3. The second-order valence-corrected chi connectivity index (χ2v) is 4.88. The third-order valence-electron chi connectivity index (χ3n) is 3.28. The molecule has 2 N–H and O–H groups in total. The summed E-state index contributed by atoms with van der Waals surface area (Å²) in [6.07, 6.45) is -8.15. The predicted molar refractivity (Wildman–Crippen MR) is 61.5 cm³/mol. The molecular formula is C12H21F6N. The number of halogens is 6. The van der Waals surface area contributed by atoms with Gasteiger partial charge in [-0.3, -0.25) is 0 Å². The first kappa shape index (κ1) is 18.5. The third kappa shape index (κ3) is 6.49. The molecule has 0 bridgehead atoms. The van der Waals surface area contributed by atoms with Crippen molar-refractivity contribution in [3.63, 3.8) is 0 Å². The lowest BCUT2D eigenvalue weighted by molar-refractivity contribution is -0.290. The quantitative estimate of drug-likeness (QED) is 0.679. The number of alkyl halides is 6. The van der Waals surface area contributed by atoms with Crippen LogP contribution in [-0.4, -0.2) is 18.4 Å². The summed E-state index contributed by atoms with van der Waals surface area (Å²) in [4.78, 5) is 0. The maximum atomic E-state index is 12.5. The predicted octanol–water partition coefficient (Wildman–Crippen LogP) is 4.66. The van der Waals surface area contributed by atoms with Crippen LogP contribution in [0.4, 0.5) is 26.3 Å². The molecule has 0 radical (unpaired) electrons. The number of unbranched alkanes of at least 4 members (excludes halogenated alkanes) is 1. The molecule has 7 heteroatoms. The molecule has 0 aliphatic carbocycles. The molecule has 0 rings (SSSR count). The molecule has 0 saturated carbocycles. The van der Waals surface area contributed by atoms with Crippen molar-refractivity contribution >= 4 is 0 Å². The molecule has 0 spiro atoms. The van der Waals surface area contributed by atoms with Gasteiger partial charge in [-0.2, -0.15) is 26.3 Å². The van der Waals surface area contributed by atoms with E-state index in [1.165, 1.54) is 0 Å². The Kier molecular flexibility index (Phi) is 7.18. The highest BCUT2D eigenvalue weighted by molar-refractivity contribution is 4.86. The molecule has 0 amide bonds. The normalized spacial score (nSPS) is 16.7. The van der Waals surface area contributed by atoms with E-state index in [2.05, 4.69) is 0 Å². The van der Waals surface area contributed by atoms with E-state index in [4.69, 9.17) is 5.73 Å². The molecule has 2 unspecified atom stereocenters. The molecule has 0 aliphatic rings. The van der Waals surface area contributed by atoms with Gasteiger partial charge in [0, 0.05) is 6.04 Å². The number of hydrogen-bond donors (Lipinski definition) is 1. The van der Waals surface area contributed by atoms with Gasteiger partial charge in [0.25, 0.3) is 0 Å². The van der Waals surface area contributed by atoms with Crippen molar-refractivity contribution in [1.29, 1.82) is 0 Å². The summed E-state index contributed by atoms with van der Waals surface area (Å²) in [7, 11) is 0. The van der Waals surface area contributed by atoms with Gasteiger partial charge in [-0.25, -0.2) is 0 Å². The molecule has 0 aromatic heterocycles. The van der Waals surface area contributed by atoms with E-state index in [0.717, 1.165) is 12.8 Å². The lowest BCUT2D eigenvalue weighted by atomic mass is 9.86. The van der Waals surface area contributed by atoms with Crippen molar-refractivity contribution in [2.75, 3.05) is 0 Å². The van der Waals surface area contributed by atoms with Gasteiger partial charge in [0.2, 0.25) is 0 Å². The zero-order valence-corrected chi connectivity index (χ0v) is 11.1. The highest BCUT2D eigenvalue weighted by Gasteiger charge is 2.59. The molecule has 19 heavy (non-hydrogen) atoms. The minimum atomic E-state index is -5.35. The first-order chi connectivity index (χ1) is 8.54. The summed E-state index contributed by atoms with van der Waals surface area (Å²) in [5, 5.41) is 0. The number of hydrogen-bond acceptors (Lipinski definition) is 1. The van der Waals surface area contributed by atoms with Gasteiger partial charge < -0.3 is 5.73 Å². The average Bonchev–Trinajstić information content (AvgIpc) is 2.19. The van der Waals surface area contributed by atoms with Crippen molar-refractivity contribution in [1.82, 2.24) is 0 Å². The minimum Gasteiger partial charge on any atom is -0.327 e. The van der Waals surface area contributed by atoms with Gasteiger partial charge in [0.1, 0.15) is 0 Å². The maximum absolute atomic E-state index is 12.5. The Morgan fingerprint density at radius 3 is 1.74 bits per heavy atom. The van der Waals surface area contributed by atoms with Crippen LogP contribution >= 0.6 is 0 Å². The molecule has 1 nitrogen and oxygen atoms in total. The first-order valence-electron chi connectivity index (χ1n) is 6.43. The molecule has 0 saturated heterocycles. The monoisotopic (exact) mass is 293 g/mol. The maximum Gasteiger partial charge on any atom is 0.401 e. The van der Waals surface area contributed by atoms with Crippen LogP contribution in [-0.2, 0) is 0 Å². The second kappa shape index (κ2) is 7.36. The summed E-state index contributed by atoms with van der Waals surface area (Å²) in [6.45, 7) is 3.67. The van der Waals surface area contributed by atoms with E-state index in [1.54, 1.807) is 6.92 Å². The van der Waals surface area contributed by atoms with Crippen LogP contribution in [0.3, 0.4) is 0 Å². The molecule has 0 fully saturated rings. The summed E-state index contributed by atoms with van der Waals surface area (Å²) >= 11 is 0. The molecule has 0 aliphatic heterocycles. The largest absolute Gasteiger partial charge is 0.401 e. The molecule has 0 aromatic rings. The Hall–Kier alpha value is -0.460. The SMILES string of the molecule is CCCCC(CC)CC(N)C(C(F)(F)F)C(F)(F)F. The Labute approximate surface area is 109 Å². The summed E-state index contributed by atoms with van der Waals surface area (Å²) in [6, 6.07) is -1.93. The van der Waals surface area contributed by atoms with Gasteiger partial charge in [-0.05, 0) is 12.3 Å². The smallest absolute Gasteiger partial charge is 0.327 e. The molecule has 116 valence electrons. The van der Waals surface area contributed by atoms with Crippen molar-refractivity contribution in [3.8, 4) is 0 Å². The average molecular weight is 293 g/mol. The Morgan fingerprint density at radius 2 is 1.42 bits per heavy atom. The van der Waals surface area contributed by atoms with E-state index < -0.39 is 24.3 Å². The molecular weight excluding hydrogens is 272 g/mol. The zero-order chi connectivity index (χ0) is 15.3. The van der Waals surface area contributed by atoms with Gasteiger partial charge in [0.15, 0.2) is 5.92 Å². The van der Waals surface area contributed by atoms with Crippen molar-refractivity contribution < 1.29 is 26.3 Å². The van der Waals surface area contributed by atoms with Gasteiger partial charge in [-0.1, -0.05) is 39.5 Å². The summed E-state index contributed by atoms with van der Waals surface area (Å²) in [5.74, 6) is -3.63. The highest BCUT2D eigenvalue weighted by Crippen LogP contribution is 2.42. The lowest BCUT2D eigenvalue weighted by Gasteiger charge is -2.30. The summed E-state index contributed by atoms with van der Waals surface area (Å²) in [5.41, 5.74) is 5.20. The zero-order valence-electron chi connectivity index (χ0n) is 11.1. The lowest BCUT2D eigenvalue weighted by Crippen LogP contribution is -2.49. The van der Waals surface area contributed by atoms with Crippen LogP contribution in [0, 0.1) is 11.8 Å². The van der Waals surface area contributed by atoms with Gasteiger partial charge in [-0.15, -0.1) is 0 Å². The molecule has 0 heterocycles. The van der Waals surface area contributed by atoms with E-state index in [0.29, 0.717) is 12.8 Å². The Balaban J connectivity index is 4.77. The van der Waals surface area contributed by atoms with Crippen LogP contribution in [0.15, 0.2) is 0 Å². The molecule has 0 aromatic carbocycles. The number of rotatable bonds is 7. The fraction of sp³-hybridized carbons (Fsp3) is 1.00. The van der Waals surface area contributed by atoms with Crippen LogP contribution < -0.4 is 5.73 Å². The van der Waals surface area contributed by atoms with Crippen LogP contribution in [0.2, 0.25) is 0 Å². The second-order valence-electron chi connectivity index (χ2n) is 4.88. The fourth-order valence-electron chi connectivity index (χ4n) is 2.17. The topological polar surface area (TPSA) is 26.0 Å². The number of nitrogens with two attached hydrogens (primary N) is 1. The molecule has 2 atom stereocenters. The van der Waals surface area contributed by atoms with E-state index in [9.17, 15) is 26.3 Å². The van der Waals surface area contributed by atoms with Gasteiger partial charge in [0.05, 0.1) is 0 Å². The first-order valence-corrected chi connectivity index (χ1v) is 6.43. The van der Waals surface area contributed by atoms with Crippen LogP contribution in [0.25, 0.3) is 0 Å². The van der Waals surface area contributed by atoms with Crippen LogP contribution in [0.1, 0.15) is 46.0 Å². The van der Waals surface area contributed by atoms with Gasteiger partial charge >= 0.3 is 12.4 Å².